The van der Waals surface area contributed by atoms with E-state index < -0.39 is 5.41 Å². The molecule has 0 saturated carbocycles. The van der Waals surface area contributed by atoms with Gasteiger partial charge in [-0.15, -0.1) is 5.46 Å². The number of aromatic nitrogens is 1. The Bertz CT molecular complexity index is 4450. The molecule has 11 aromatic carbocycles. The van der Waals surface area contributed by atoms with Crippen LogP contribution in [0.4, 0.5) is 17.1 Å². The molecule has 8 heteroatoms. The first-order valence-electron chi connectivity index (χ1n) is 26.5. The molecule has 0 radical (unpaired) electrons. The highest BCUT2D eigenvalue weighted by molar-refractivity contribution is 6.68. The van der Waals surface area contributed by atoms with Crippen molar-refractivity contribution >= 4 is 149 Å². The molecule has 0 unspecified atom stereocenters. The molecule has 2 aromatic heterocycles. The Morgan fingerprint density at radius 1 is 0.440 bits per heavy atom. The fourth-order valence-electron chi connectivity index (χ4n) is 13.4. The summed E-state index contributed by atoms with van der Waals surface area (Å²) in [5, 5.41) is 9.62. The Morgan fingerprint density at radius 2 is 0.947 bits per heavy atom. The fourth-order valence-corrected chi connectivity index (χ4v) is 13.4. The van der Waals surface area contributed by atoms with E-state index in [1.165, 1.54) is 115 Å². The van der Waals surface area contributed by atoms with E-state index in [4.69, 9.17) is 4.42 Å². The average molecular weight is 956 g/mol. The maximum atomic E-state index is 7.44. The van der Waals surface area contributed by atoms with Crippen molar-refractivity contribution in [3.05, 3.63) is 234 Å². The van der Waals surface area contributed by atoms with Gasteiger partial charge < -0.3 is 13.9 Å². The molecule has 352 valence electrons. The molecular formula is C67H53B5N2O. The van der Waals surface area contributed by atoms with E-state index in [9.17, 15) is 0 Å². The maximum absolute atomic E-state index is 7.44. The minimum absolute atomic E-state index is 0.0328. The quantitative estimate of drug-likeness (QED) is 0.123. The third kappa shape index (κ3) is 6.35. The van der Waals surface area contributed by atoms with E-state index in [0.29, 0.717) is 0 Å². The summed E-state index contributed by atoms with van der Waals surface area (Å²) in [6, 6.07) is 77.2. The molecule has 1 aliphatic carbocycles. The van der Waals surface area contributed by atoms with Gasteiger partial charge in [0.25, 0.3) is 0 Å². The smallest absolute Gasteiger partial charge is 0.160 e. The van der Waals surface area contributed by atoms with Crippen LogP contribution in [0.3, 0.4) is 0 Å². The highest BCUT2D eigenvalue weighted by Gasteiger charge is 2.50. The fraction of sp³-hybridized carbons (Fsp3) is 0.0746. The van der Waals surface area contributed by atoms with Gasteiger partial charge in [-0.1, -0.05) is 200 Å². The molecule has 0 spiro atoms. The van der Waals surface area contributed by atoms with Gasteiger partial charge in [0.15, 0.2) is 5.58 Å². The van der Waals surface area contributed by atoms with Crippen molar-refractivity contribution in [2.75, 3.05) is 4.90 Å². The van der Waals surface area contributed by atoms with Crippen LogP contribution in [0.1, 0.15) is 48.6 Å². The third-order valence-electron chi connectivity index (χ3n) is 17.3. The highest BCUT2D eigenvalue weighted by Crippen LogP contribution is 2.64. The van der Waals surface area contributed by atoms with Crippen LogP contribution in [0.25, 0.3) is 82.1 Å². The lowest BCUT2D eigenvalue weighted by Crippen LogP contribution is -2.56. The normalized spacial score (nSPS) is 13.1. The van der Waals surface area contributed by atoms with Crippen molar-refractivity contribution in [3.8, 4) is 16.8 Å². The van der Waals surface area contributed by atoms with Crippen molar-refractivity contribution in [1.29, 1.82) is 0 Å². The zero-order valence-corrected chi connectivity index (χ0v) is 43.9. The largest absolute Gasteiger partial charge is 0.454 e. The van der Waals surface area contributed by atoms with E-state index in [1.807, 2.05) is 0 Å². The molecule has 0 aliphatic heterocycles. The number of hydrogen-bond acceptors (Lipinski definition) is 2. The summed E-state index contributed by atoms with van der Waals surface area (Å²) in [5.74, 6) is 0. The predicted molar refractivity (Wildman–Crippen MR) is 335 cm³/mol. The zero-order chi connectivity index (χ0) is 51.1. The summed E-state index contributed by atoms with van der Waals surface area (Å²) >= 11 is 0. The Hall–Kier alpha value is -8.34. The van der Waals surface area contributed by atoms with Gasteiger partial charge in [-0.25, -0.2) is 0 Å². The Kier molecular flexibility index (Phi) is 10.0. The molecule has 2 heterocycles. The zero-order valence-electron chi connectivity index (χ0n) is 43.9. The molecule has 0 bridgehead atoms. The summed E-state index contributed by atoms with van der Waals surface area (Å²) in [6.45, 7) is 6.88. The van der Waals surface area contributed by atoms with Gasteiger partial charge in [-0.2, -0.15) is 0 Å². The number of rotatable bonds is 6. The van der Waals surface area contributed by atoms with Crippen LogP contribution in [0.15, 0.2) is 211 Å². The van der Waals surface area contributed by atoms with Crippen molar-refractivity contribution in [2.24, 2.45) is 0 Å². The van der Waals surface area contributed by atoms with Crippen LogP contribution in [-0.2, 0) is 10.8 Å². The van der Waals surface area contributed by atoms with Gasteiger partial charge in [-0.05, 0) is 114 Å². The lowest BCUT2D eigenvalue weighted by molar-refractivity contribution is 0.590. The standard InChI is InChI=1S/C67H53B5N2O/c1-66(2,3)38-30-32-41(33-31-38)73(42-34-35-52-49(36-42)45-24-14-16-28-51(45)74(52)64-62(71)60(69)59(68)61(70)63(64)72)53-37-50-57(56-48-27-15-17-29-54(48)75-65(53)56)55-46-25-12-10-22-43(46)44-23-11-13-26-47(44)58(55)67(50,39-18-6-4-7-19-39)40-20-8-5-9-21-40/h4-37H,68-72H2,1-3H3. The lowest BCUT2D eigenvalue weighted by Gasteiger charge is -2.36. The summed E-state index contributed by atoms with van der Waals surface area (Å²) in [4.78, 5) is 2.49. The molecule has 3 nitrogen and oxygen atoms in total. The molecule has 0 atom stereocenters. The van der Waals surface area contributed by atoms with E-state index in [-0.39, 0.29) is 5.41 Å². The first kappa shape index (κ1) is 45.3. The highest BCUT2D eigenvalue weighted by atomic mass is 16.3. The molecule has 0 amide bonds. The monoisotopic (exact) mass is 956 g/mol. The van der Waals surface area contributed by atoms with Crippen molar-refractivity contribution in [1.82, 2.24) is 4.57 Å². The predicted octanol–water partition coefficient (Wildman–Crippen LogP) is 9.41. The third-order valence-corrected chi connectivity index (χ3v) is 17.3. The second-order valence-corrected chi connectivity index (χ2v) is 22.1. The second-order valence-electron chi connectivity index (χ2n) is 22.1. The molecule has 0 fully saturated rings. The van der Waals surface area contributed by atoms with Crippen LogP contribution in [0, 0.1) is 0 Å². The minimum atomic E-state index is -0.739. The Labute approximate surface area is 442 Å². The second kappa shape index (κ2) is 16.6. The van der Waals surface area contributed by atoms with Gasteiger partial charge in [0.05, 0.1) is 22.1 Å². The topological polar surface area (TPSA) is 21.3 Å². The number of fused-ring (bicyclic) bond motifs is 15. The number of anilines is 3. The first-order valence-corrected chi connectivity index (χ1v) is 26.5. The van der Waals surface area contributed by atoms with Crippen LogP contribution in [0.5, 0.6) is 0 Å². The van der Waals surface area contributed by atoms with Crippen LogP contribution in [-0.4, -0.2) is 43.8 Å². The van der Waals surface area contributed by atoms with Gasteiger partial charge in [-0.3, -0.25) is 0 Å². The number of nitrogens with zero attached hydrogens (tertiary/aromatic N) is 2. The van der Waals surface area contributed by atoms with Crippen molar-refractivity contribution in [3.63, 3.8) is 0 Å². The van der Waals surface area contributed by atoms with Gasteiger partial charge in [0.2, 0.25) is 0 Å². The lowest BCUT2D eigenvalue weighted by atomic mass is 9.61. The van der Waals surface area contributed by atoms with Crippen LogP contribution in [0.2, 0.25) is 0 Å². The number of furan rings is 1. The molecule has 14 rings (SSSR count). The minimum Gasteiger partial charge on any atom is -0.454 e. The number of benzene rings is 11. The van der Waals surface area contributed by atoms with E-state index >= 15 is 0 Å². The van der Waals surface area contributed by atoms with Gasteiger partial charge in [0.1, 0.15) is 44.8 Å². The summed E-state index contributed by atoms with van der Waals surface area (Å²) in [5.41, 5.74) is 23.1. The van der Waals surface area contributed by atoms with Crippen LogP contribution >= 0.6 is 0 Å². The molecule has 0 saturated heterocycles. The van der Waals surface area contributed by atoms with Crippen molar-refractivity contribution in [2.45, 2.75) is 31.6 Å². The van der Waals surface area contributed by atoms with Crippen LogP contribution < -0.4 is 32.2 Å². The van der Waals surface area contributed by atoms with Gasteiger partial charge >= 0.3 is 0 Å². The summed E-state index contributed by atoms with van der Waals surface area (Å²) in [6.07, 6.45) is 0. The average Bonchev–Trinajstić information content (AvgIpc) is 4.31. The van der Waals surface area contributed by atoms with Gasteiger partial charge in [0, 0.05) is 38.6 Å². The molecule has 0 N–H and O–H groups in total. The molecule has 13 aromatic rings. The summed E-state index contributed by atoms with van der Waals surface area (Å²) < 4.78 is 9.96. The van der Waals surface area contributed by atoms with E-state index in [0.717, 1.165) is 39.0 Å². The SMILES string of the molecule is Bc1c(B)c(B)c(-n2c3ccccc3c3cc(N(c4ccc(C(C)(C)C)cc4)c4cc5c(c6c4oc4ccccc46)-c4c(c6ccccc6c6ccccc46)C5(c4ccccc4)c4ccccc4)ccc32)c(B)c1B. The Morgan fingerprint density at radius 3 is 1.59 bits per heavy atom. The van der Waals surface area contributed by atoms with E-state index in [2.05, 4.69) is 276 Å². The maximum Gasteiger partial charge on any atom is 0.160 e. The Balaban J connectivity index is 1.16. The van der Waals surface area contributed by atoms with E-state index in [1.54, 1.807) is 0 Å². The molecular weight excluding hydrogens is 903 g/mol. The molecule has 1 aliphatic rings. The number of hydrogen-bond donors (Lipinski definition) is 0. The number of para-hydroxylation sites is 2. The first-order chi connectivity index (χ1) is 36.5. The summed E-state index contributed by atoms with van der Waals surface area (Å²) in [7, 11) is 11.4. The van der Waals surface area contributed by atoms with Crippen molar-refractivity contribution < 1.29 is 4.42 Å². The molecule has 75 heavy (non-hydrogen) atoms.